The van der Waals surface area contributed by atoms with Gasteiger partial charge < -0.3 is 15.3 Å². The molecule has 110 valence electrons. The Morgan fingerprint density at radius 1 is 1.32 bits per heavy atom. The highest BCUT2D eigenvalue weighted by Crippen LogP contribution is 2.36. The lowest BCUT2D eigenvalue weighted by atomic mass is 9.82. The van der Waals surface area contributed by atoms with Crippen LogP contribution in [0, 0.1) is 5.41 Å². The summed E-state index contributed by atoms with van der Waals surface area (Å²) >= 11 is 0. The zero-order valence-electron chi connectivity index (χ0n) is 12.2. The lowest BCUT2D eigenvalue weighted by molar-refractivity contribution is -0.139. The zero-order valence-corrected chi connectivity index (χ0v) is 12.2. The van der Waals surface area contributed by atoms with Crippen molar-refractivity contribution in [2.24, 2.45) is 5.41 Å². The third-order valence-corrected chi connectivity index (χ3v) is 4.40. The van der Waals surface area contributed by atoms with Crippen LogP contribution < -0.4 is 5.32 Å². The quantitative estimate of drug-likeness (QED) is 0.779. The van der Waals surface area contributed by atoms with Gasteiger partial charge in [0.1, 0.15) is 6.04 Å². The maximum atomic E-state index is 12.1. The van der Waals surface area contributed by atoms with E-state index in [1.165, 1.54) is 0 Å². The molecule has 1 aliphatic rings. The number of nitrogens with zero attached hydrogens (tertiary/aromatic N) is 1. The second-order valence-electron chi connectivity index (χ2n) is 5.51. The number of likely N-dealkylation sites (tertiary alicyclic amines) is 1. The molecule has 0 radical (unpaired) electrons. The van der Waals surface area contributed by atoms with Crippen molar-refractivity contribution in [3.63, 3.8) is 0 Å². The number of carboxylic acid groups (broad SMARTS) is 1. The average Bonchev–Trinajstić information content (AvgIpc) is 2.83. The number of amides is 2. The molecule has 0 aliphatic carbocycles. The molecule has 0 aromatic heterocycles. The second kappa shape index (κ2) is 6.78. The number of carbonyl (C=O) groups is 2. The molecule has 1 atom stereocenters. The summed E-state index contributed by atoms with van der Waals surface area (Å²) in [7, 11) is 0. The summed E-state index contributed by atoms with van der Waals surface area (Å²) < 4.78 is 0. The van der Waals surface area contributed by atoms with E-state index in [1.54, 1.807) is 4.90 Å². The van der Waals surface area contributed by atoms with Gasteiger partial charge in [-0.1, -0.05) is 27.2 Å². The third kappa shape index (κ3) is 3.85. The lowest BCUT2D eigenvalue weighted by Crippen LogP contribution is -2.47. The number of hydrogen-bond donors (Lipinski definition) is 2. The fourth-order valence-electron chi connectivity index (χ4n) is 2.72. The average molecular weight is 270 g/mol. The van der Waals surface area contributed by atoms with Crippen LogP contribution in [-0.2, 0) is 4.79 Å². The van der Waals surface area contributed by atoms with Crippen molar-refractivity contribution < 1.29 is 14.7 Å². The molecule has 0 unspecified atom stereocenters. The van der Waals surface area contributed by atoms with Gasteiger partial charge in [-0.05, 0) is 31.1 Å². The van der Waals surface area contributed by atoms with Crippen molar-refractivity contribution in [2.45, 2.75) is 58.9 Å². The van der Waals surface area contributed by atoms with Gasteiger partial charge in [0.25, 0.3) is 0 Å². The summed E-state index contributed by atoms with van der Waals surface area (Å²) in [5, 5.41) is 11.7. The van der Waals surface area contributed by atoms with Crippen LogP contribution in [0.4, 0.5) is 4.79 Å². The maximum absolute atomic E-state index is 12.1. The Bertz CT molecular complexity index is 327. The molecule has 5 heteroatoms. The molecule has 0 spiro atoms. The molecule has 2 N–H and O–H groups in total. The Balaban J connectivity index is 2.57. The molecule has 19 heavy (non-hydrogen) atoms. The third-order valence-electron chi connectivity index (χ3n) is 4.40. The van der Waals surface area contributed by atoms with Crippen LogP contribution >= 0.6 is 0 Å². The molecule has 0 aromatic rings. The van der Waals surface area contributed by atoms with Gasteiger partial charge in [-0.25, -0.2) is 9.59 Å². The van der Waals surface area contributed by atoms with Gasteiger partial charge in [-0.3, -0.25) is 0 Å². The van der Waals surface area contributed by atoms with E-state index in [0.29, 0.717) is 6.42 Å². The van der Waals surface area contributed by atoms with Crippen molar-refractivity contribution in [3.05, 3.63) is 0 Å². The van der Waals surface area contributed by atoms with Gasteiger partial charge in [0.15, 0.2) is 0 Å². The van der Waals surface area contributed by atoms with Crippen molar-refractivity contribution in [1.29, 1.82) is 0 Å². The number of aliphatic carboxylic acids is 1. The predicted octanol–water partition coefficient (Wildman–Crippen LogP) is 2.46. The van der Waals surface area contributed by atoms with Gasteiger partial charge in [0, 0.05) is 13.1 Å². The molecule has 5 nitrogen and oxygen atoms in total. The predicted molar refractivity (Wildman–Crippen MR) is 74.1 cm³/mol. The molecule has 1 saturated heterocycles. The number of nitrogens with one attached hydrogen (secondary N) is 1. The number of carbonyl (C=O) groups excluding carboxylic acids is 1. The van der Waals surface area contributed by atoms with Crippen molar-refractivity contribution in [1.82, 2.24) is 10.2 Å². The van der Waals surface area contributed by atoms with E-state index in [4.69, 9.17) is 5.11 Å². The van der Waals surface area contributed by atoms with Gasteiger partial charge in [0.05, 0.1) is 0 Å². The summed E-state index contributed by atoms with van der Waals surface area (Å²) in [5.74, 6) is -0.952. The summed E-state index contributed by atoms with van der Waals surface area (Å²) in [5.41, 5.74) is 0.223. The largest absolute Gasteiger partial charge is 0.480 e. The molecule has 1 rings (SSSR count). The van der Waals surface area contributed by atoms with Gasteiger partial charge in [0.2, 0.25) is 0 Å². The van der Waals surface area contributed by atoms with Crippen molar-refractivity contribution in [2.75, 3.05) is 13.1 Å². The van der Waals surface area contributed by atoms with Crippen molar-refractivity contribution in [3.8, 4) is 0 Å². The first-order valence-corrected chi connectivity index (χ1v) is 7.26. The summed E-state index contributed by atoms with van der Waals surface area (Å²) in [4.78, 5) is 24.9. The van der Waals surface area contributed by atoms with Crippen molar-refractivity contribution >= 4 is 12.0 Å². The van der Waals surface area contributed by atoms with E-state index >= 15 is 0 Å². The minimum absolute atomic E-state index is 0.223. The fourth-order valence-corrected chi connectivity index (χ4v) is 2.72. The van der Waals surface area contributed by atoms with E-state index in [0.717, 1.165) is 38.8 Å². The highest BCUT2D eigenvalue weighted by Gasteiger charge is 2.37. The summed E-state index contributed by atoms with van der Waals surface area (Å²) in [6.45, 7) is 7.69. The normalized spacial score (nSPS) is 19.2. The molecule has 0 bridgehead atoms. The SMILES string of the molecule is CCC[C@@H](NC(=O)N1CCC(CC)(CC)C1)C(=O)O. The second-order valence-corrected chi connectivity index (χ2v) is 5.51. The smallest absolute Gasteiger partial charge is 0.326 e. The number of hydrogen-bond acceptors (Lipinski definition) is 2. The molecular weight excluding hydrogens is 244 g/mol. The van der Waals surface area contributed by atoms with Crippen LogP contribution in [0.25, 0.3) is 0 Å². The van der Waals surface area contributed by atoms with Crippen LogP contribution in [0.3, 0.4) is 0 Å². The van der Waals surface area contributed by atoms with E-state index in [9.17, 15) is 9.59 Å². The molecule has 0 saturated carbocycles. The molecule has 2 amide bonds. The highest BCUT2D eigenvalue weighted by molar-refractivity contribution is 5.82. The molecule has 1 aliphatic heterocycles. The Morgan fingerprint density at radius 3 is 2.37 bits per heavy atom. The summed E-state index contributed by atoms with van der Waals surface area (Å²) in [6.07, 6.45) is 4.35. The minimum atomic E-state index is -0.952. The lowest BCUT2D eigenvalue weighted by Gasteiger charge is -2.27. The van der Waals surface area contributed by atoms with Crippen LogP contribution in [0.15, 0.2) is 0 Å². The molecular formula is C14H26N2O3. The molecule has 0 aromatic carbocycles. The van der Waals surface area contributed by atoms with Crippen LogP contribution in [0.5, 0.6) is 0 Å². The first kappa shape index (κ1) is 15.8. The first-order valence-electron chi connectivity index (χ1n) is 7.26. The standard InChI is InChI=1S/C14H26N2O3/c1-4-7-11(12(17)18)15-13(19)16-9-8-14(5-2,6-3)10-16/h11H,4-10H2,1-3H3,(H,15,19)(H,17,18)/t11-/m1/s1. The first-order chi connectivity index (χ1) is 8.98. The van der Waals surface area contributed by atoms with E-state index in [1.807, 2.05) is 6.92 Å². The fraction of sp³-hybridized carbons (Fsp3) is 0.857. The number of carboxylic acids is 1. The van der Waals surface area contributed by atoms with E-state index < -0.39 is 12.0 Å². The summed E-state index contributed by atoms with van der Waals surface area (Å²) in [6, 6.07) is -1.000. The van der Waals surface area contributed by atoms with E-state index in [2.05, 4.69) is 19.2 Å². The molecule has 1 heterocycles. The Kier molecular flexibility index (Phi) is 5.63. The van der Waals surface area contributed by atoms with Gasteiger partial charge in [-0.2, -0.15) is 0 Å². The number of rotatable bonds is 6. The Labute approximate surface area is 115 Å². The van der Waals surface area contributed by atoms with Gasteiger partial charge >= 0.3 is 12.0 Å². The highest BCUT2D eigenvalue weighted by atomic mass is 16.4. The van der Waals surface area contributed by atoms with Crippen LogP contribution in [0.2, 0.25) is 0 Å². The Morgan fingerprint density at radius 2 is 1.95 bits per heavy atom. The number of urea groups is 1. The maximum Gasteiger partial charge on any atom is 0.326 e. The van der Waals surface area contributed by atoms with Crippen LogP contribution in [-0.4, -0.2) is 41.1 Å². The monoisotopic (exact) mass is 270 g/mol. The van der Waals surface area contributed by atoms with Gasteiger partial charge in [-0.15, -0.1) is 0 Å². The minimum Gasteiger partial charge on any atom is -0.480 e. The van der Waals surface area contributed by atoms with Crippen LogP contribution in [0.1, 0.15) is 52.9 Å². The van der Waals surface area contributed by atoms with E-state index in [-0.39, 0.29) is 11.4 Å². The Hall–Kier alpha value is -1.26. The molecule has 1 fully saturated rings. The topological polar surface area (TPSA) is 69.6 Å². The zero-order chi connectivity index (χ0) is 14.5.